The summed E-state index contributed by atoms with van der Waals surface area (Å²) in [5.74, 6) is -0.199. The number of nitrogens with one attached hydrogen (secondary N) is 1. The molecule has 0 radical (unpaired) electrons. The molecule has 7 heteroatoms. The van der Waals surface area contributed by atoms with Crippen molar-refractivity contribution >= 4 is 10.8 Å². The van der Waals surface area contributed by atoms with Gasteiger partial charge in [0.2, 0.25) is 0 Å². The second kappa shape index (κ2) is 4.31. The van der Waals surface area contributed by atoms with Gasteiger partial charge in [-0.1, -0.05) is 0 Å². The van der Waals surface area contributed by atoms with Crippen molar-refractivity contribution in [2.75, 3.05) is 13.7 Å². The zero-order chi connectivity index (χ0) is 14.5. The van der Waals surface area contributed by atoms with Gasteiger partial charge in [-0.2, -0.15) is 13.2 Å². The molecule has 0 spiro atoms. The van der Waals surface area contributed by atoms with Gasteiger partial charge in [0.15, 0.2) is 5.88 Å². The summed E-state index contributed by atoms with van der Waals surface area (Å²) in [6.07, 6.45) is -4.55. The molecule has 1 aliphatic heterocycles. The molecule has 2 aromatic rings. The van der Waals surface area contributed by atoms with Crippen LogP contribution in [0.4, 0.5) is 13.2 Å². The lowest BCUT2D eigenvalue weighted by Crippen LogP contribution is -2.27. The molecule has 3 rings (SSSR count). The van der Waals surface area contributed by atoms with Crippen LogP contribution in [-0.2, 0) is 19.3 Å². The first-order valence-corrected chi connectivity index (χ1v) is 6.13. The Bertz CT molecular complexity index is 677. The minimum atomic E-state index is -4.55. The number of rotatable bonds is 1. The lowest BCUT2D eigenvalue weighted by atomic mass is 10.1. The Balaban J connectivity index is 2.41. The number of aromatic hydroxyl groups is 1. The fourth-order valence-corrected chi connectivity index (χ4v) is 2.66. The summed E-state index contributed by atoms with van der Waals surface area (Å²) in [7, 11) is 1.32. The number of fused-ring (bicyclic) bond motifs is 3. The van der Waals surface area contributed by atoms with Crippen LogP contribution in [0.5, 0.6) is 11.6 Å². The molecular weight excluding hydrogens is 273 g/mol. The molecule has 0 amide bonds. The molecule has 0 saturated carbocycles. The maximum atomic E-state index is 13.2. The van der Waals surface area contributed by atoms with Crippen LogP contribution in [0.25, 0.3) is 10.8 Å². The molecule has 1 aliphatic rings. The van der Waals surface area contributed by atoms with Crippen molar-refractivity contribution in [1.29, 1.82) is 0 Å². The summed E-state index contributed by atoms with van der Waals surface area (Å²) >= 11 is 0. The number of hydrogen-bond donors (Lipinski definition) is 2. The van der Waals surface area contributed by atoms with Gasteiger partial charge in [-0.3, -0.25) is 0 Å². The minimum Gasteiger partial charge on any atom is -0.497 e. The number of ether oxygens (including phenoxy) is 1. The first-order valence-electron chi connectivity index (χ1n) is 6.13. The minimum absolute atomic E-state index is 0.129. The monoisotopic (exact) mass is 286 g/mol. The number of halogens is 3. The van der Waals surface area contributed by atoms with E-state index in [0.717, 1.165) is 6.07 Å². The van der Waals surface area contributed by atoms with E-state index in [1.54, 1.807) is 0 Å². The van der Waals surface area contributed by atoms with Crippen molar-refractivity contribution in [2.45, 2.75) is 19.3 Å². The van der Waals surface area contributed by atoms with Crippen LogP contribution in [0.1, 0.15) is 11.3 Å². The lowest BCUT2D eigenvalue weighted by molar-refractivity contribution is -0.136. The third-order valence-corrected chi connectivity index (χ3v) is 3.57. The Morgan fingerprint density at radius 3 is 2.75 bits per heavy atom. The Labute approximate surface area is 112 Å². The third-order valence-electron chi connectivity index (χ3n) is 3.57. The SMILES string of the molecule is COc1cc(C(F)(F)F)c2c(O)n3c(c2c1)CNCC3. The Kier molecular flexibility index (Phi) is 2.82. The van der Waals surface area contributed by atoms with Crippen molar-refractivity contribution < 1.29 is 23.0 Å². The van der Waals surface area contributed by atoms with Gasteiger partial charge >= 0.3 is 6.18 Å². The van der Waals surface area contributed by atoms with Crippen molar-refractivity contribution in [1.82, 2.24) is 9.88 Å². The predicted octanol–water partition coefficient (Wildman–Crippen LogP) is 2.48. The van der Waals surface area contributed by atoms with Crippen molar-refractivity contribution in [3.8, 4) is 11.6 Å². The van der Waals surface area contributed by atoms with Crippen LogP contribution in [-0.4, -0.2) is 23.3 Å². The van der Waals surface area contributed by atoms with Crippen LogP contribution in [0.3, 0.4) is 0 Å². The lowest BCUT2D eigenvalue weighted by Gasteiger charge is -2.17. The third kappa shape index (κ3) is 1.81. The van der Waals surface area contributed by atoms with Crippen LogP contribution in [0, 0.1) is 0 Å². The maximum absolute atomic E-state index is 13.2. The van der Waals surface area contributed by atoms with E-state index in [-0.39, 0.29) is 17.0 Å². The van der Waals surface area contributed by atoms with Crippen LogP contribution in [0.2, 0.25) is 0 Å². The number of aromatic nitrogens is 1. The van der Waals surface area contributed by atoms with Crippen LogP contribution < -0.4 is 10.1 Å². The van der Waals surface area contributed by atoms with E-state index in [1.165, 1.54) is 17.7 Å². The van der Waals surface area contributed by atoms with E-state index in [0.29, 0.717) is 30.7 Å². The van der Waals surface area contributed by atoms with Gasteiger partial charge in [-0.05, 0) is 12.1 Å². The number of methoxy groups -OCH3 is 1. The van der Waals surface area contributed by atoms with E-state index in [1.807, 2.05) is 0 Å². The van der Waals surface area contributed by atoms with Gasteiger partial charge in [0.25, 0.3) is 0 Å². The average molecular weight is 286 g/mol. The summed E-state index contributed by atoms with van der Waals surface area (Å²) in [4.78, 5) is 0. The molecule has 4 nitrogen and oxygen atoms in total. The number of nitrogens with zero attached hydrogens (tertiary/aromatic N) is 1. The Morgan fingerprint density at radius 1 is 1.35 bits per heavy atom. The maximum Gasteiger partial charge on any atom is 0.417 e. The molecular formula is C13H13F3N2O2. The van der Waals surface area contributed by atoms with Crippen LogP contribution >= 0.6 is 0 Å². The zero-order valence-corrected chi connectivity index (χ0v) is 10.7. The number of alkyl halides is 3. The van der Waals surface area contributed by atoms with E-state index >= 15 is 0 Å². The molecule has 0 atom stereocenters. The highest BCUT2D eigenvalue weighted by Gasteiger charge is 2.36. The summed E-state index contributed by atoms with van der Waals surface area (Å²) in [5.41, 5.74) is -0.223. The first-order chi connectivity index (χ1) is 9.43. The van der Waals surface area contributed by atoms with Crippen molar-refractivity contribution in [3.05, 3.63) is 23.4 Å². The van der Waals surface area contributed by atoms with E-state index < -0.39 is 11.7 Å². The van der Waals surface area contributed by atoms with Gasteiger partial charge in [-0.25, -0.2) is 0 Å². The van der Waals surface area contributed by atoms with Gasteiger partial charge < -0.3 is 19.7 Å². The van der Waals surface area contributed by atoms with E-state index in [2.05, 4.69) is 5.32 Å². The van der Waals surface area contributed by atoms with E-state index in [9.17, 15) is 18.3 Å². The fraction of sp³-hybridized carbons (Fsp3) is 0.385. The molecule has 1 aromatic carbocycles. The Hall–Kier alpha value is -1.89. The zero-order valence-electron chi connectivity index (χ0n) is 10.7. The van der Waals surface area contributed by atoms with Gasteiger partial charge in [0.1, 0.15) is 5.75 Å². The van der Waals surface area contributed by atoms with Crippen molar-refractivity contribution in [3.63, 3.8) is 0 Å². The summed E-state index contributed by atoms with van der Waals surface area (Å²) in [6, 6.07) is 2.45. The normalized spacial score (nSPS) is 15.4. The highest BCUT2D eigenvalue weighted by Crippen LogP contribution is 2.44. The average Bonchev–Trinajstić information content (AvgIpc) is 2.71. The second-order valence-corrected chi connectivity index (χ2v) is 4.69. The second-order valence-electron chi connectivity index (χ2n) is 4.69. The smallest absolute Gasteiger partial charge is 0.417 e. The quantitative estimate of drug-likeness (QED) is 0.846. The van der Waals surface area contributed by atoms with Gasteiger partial charge in [-0.15, -0.1) is 0 Å². The molecule has 2 N–H and O–H groups in total. The molecule has 0 saturated heterocycles. The molecule has 108 valence electrons. The summed E-state index contributed by atoms with van der Waals surface area (Å²) < 4.78 is 46.0. The molecule has 20 heavy (non-hydrogen) atoms. The van der Waals surface area contributed by atoms with Gasteiger partial charge in [0.05, 0.1) is 18.1 Å². The van der Waals surface area contributed by atoms with Crippen molar-refractivity contribution in [2.24, 2.45) is 0 Å². The topological polar surface area (TPSA) is 46.4 Å². The molecule has 0 fully saturated rings. The van der Waals surface area contributed by atoms with Gasteiger partial charge in [0, 0.05) is 30.7 Å². The fourth-order valence-electron chi connectivity index (χ4n) is 2.66. The highest BCUT2D eigenvalue weighted by molar-refractivity contribution is 5.95. The summed E-state index contributed by atoms with van der Waals surface area (Å²) in [5, 5.41) is 13.4. The van der Waals surface area contributed by atoms with E-state index in [4.69, 9.17) is 4.74 Å². The molecule has 0 unspecified atom stereocenters. The first kappa shape index (κ1) is 13.1. The number of benzene rings is 1. The molecule has 1 aromatic heterocycles. The molecule has 2 heterocycles. The highest BCUT2D eigenvalue weighted by atomic mass is 19.4. The van der Waals surface area contributed by atoms with Crippen LogP contribution in [0.15, 0.2) is 12.1 Å². The standard InChI is InChI=1S/C13H13F3N2O2/c1-20-7-4-8-10-6-17-2-3-18(10)12(19)11(8)9(5-7)13(14,15)16/h4-5,17,19H,2-3,6H2,1H3. The molecule has 0 aliphatic carbocycles. The Morgan fingerprint density at radius 2 is 2.10 bits per heavy atom. The molecule has 0 bridgehead atoms. The number of hydrogen-bond acceptors (Lipinski definition) is 3. The predicted molar refractivity (Wildman–Crippen MR) is 66.9 cm³/mol. The summed E-state index contributed by atoms with van der Waals surface area (Å²) in [6.45, 7) is 1.47. The largest absolute Gasteiger partial charge is 0.497 e.